The van der Waals surface area contributed by atoms with Gasteiger partial charge in [0, 0.05) is 33.3 Å². The van der Waals surface area contributed by atoms with Gasteiger partial charge in [-0.05, 0) is 75.0 Å². The van der Waals surface area contributed by atoms with Crippen molar-refractivity contribution in [3.05, 3.63) is 187 Å². The number of fused-ring (bicyclic) bond motifs is 7. The Balaban J connectivity index is 1.12. The Morgan fingerprint density at radius 2 is 0.940 bits per heavy atom. The third-order valence-corrected chi connectivity index (χ3v) is 10.0. The summed E-state index contributed by atoms with van der Waals surface area (Å²) in [7, 11) is 0. The van der Waals surface area contributed by atoms with Crippen molar-refractivity contribution in [1.82, 2.24) is 0 Å². The maximum atomic E-state index is 14.0. The van der Waals surface area contributed by atoms with Crippen LogP contribution in [-0.4, -0.2) is 5.78 Å². The lowest BCUT2D eigenvalue weighted by molar-refractivity contribution is 0.104. The maximum Gasteiger partial charge on any atom is 0.196 e. The first kappa shape index (κ1) is 28.3. The van der Waals surface area contributed by atoms with E-state index in [1.54, 1.807) is 0 Å². The van der Waals surface area contributed by atoms with Crippen LogP contribution in [0, 0.1) is 0 Å². The second-order valence-electron chi connectivity index (χ2n) is 12.8. The molecule has 10 rings (SSSR count). The fraction of sp³-hybridized carbons (Fsp3) is 0. The smallest absolute Gasteiger partial charge is 0.196 e. The van der Waals surface area contributed by atoms with E-state index in [1.807, 2.05) is 42.5 Å². The standard InChI is InChI=1S/C47H29NO2/c49-46-41-15-4-3-13-38(41)40-18-9-20-43(45(40)46)48(33-26-22-31(23-27-33)36-16-7-11-30-10-1-2-12-35(30)36)34-28-24-32(25-29-34)37-17-8-19-42-39-14-5-6-21-44(39)50-47(37)42/h1-29H. The van der Waals surface area contributed by atoms with Crippen molar-refractivity contribution >= 4 is 55.6 Å². The lowest BCUT2D eigenvalue weighted by atomic mass is 9.97. The Kier molecular flexibility index (Phi) is 6.33. The van der Waals surface area contributed by atoms with Gasteiger partial charge in [-0.3, -0.25) is 4.79 Å². The molecule has 0 N–H and O–H groups in total. The molecule has 1 aromatic heterocycles. The first-order valence-corrected chi connectivity index (χ1v) is 16.9. The second-order valence-corrected chi connectivity index (χ2v) is 12.8. The molecule has 0 fully saturated rings. The van der Waals surface area contributed by atoms with Gasteiger partial charge in [0.05, 0.1) is 11.3 Å². The summed E-state index contributed by atoms with van der Waals surface area (Å²) < 4.78 is 6.37. The fourth-order valence-electron chi connectivity index (χ4n) is 7.70. The largest absolute Gasteiger partial charge is 0.455 e. The van der Waals surface area contributed by atoms with Crippen LogP contribution in [0.4, 0.5) is 17.1 Å². The molecule has 0 spiro atoms. The number of carbonyl (C=O) groups excluding carboxylic acids is 1. The van der Waals surface area contributed by atoms with Crippen molar-refractivity contribution in [2.75, 3.05) is 4.90 Å². The molecule has 3 heteroatoms. The van der Waals surface area contributed by atoms with Gasteiger partial charge in [0.25, 0.3) is 0 Å². The zero-order valence-corrected chi connectivity index (χ0v) is 27.0. The third-order valence-electron chi connectivity index (χ3n) is 10.0. The van der Waals surface area contributed by atoms with Crippen molar-refractivity contribution in [1.29, 1.82) is 0 Å². The molecule has 0 bridgehead atoms. The molecule has 234 valence electrons. The molecular weight excluding hydrogens is 611 g/mol. The highest BCUT2D eigenvalue weighted by molar-refractivity contribution is 6.25. The van der Waals surface area contributed by atoms with Crippen LogP contribution in [0.3, 0.4) is 0 Å². The first-order chi connectivity index (χ1) is 24.7. The molecule has 3 nitrogen and oxygen atoms in total. The van der Waals surface area contributed by atoms with Crippen molar-refractivity contribution in [3.8, 4) is 33.4 Å². The topological polar surface area (TPSA) is 33.5 Å². The Morgan fingerprint density at radius 3 is 1.74 bits per heavy atom. The van der Waals surface area contributed by atoms with E-state index in [0.29, 0.717) is 0 Å². The van der Waals surface area contributed by atoms with Crippen LogP contribution < -0.4 is 4.90 Å². The summed E-state index contributed by atoms with van der Waals surface area (Å²) in [6, 6.07) is 60.8. The Labute approximate surface area is 289 Å². The molecule has 0 amide bonds. The number of rotatable bonds is 5. The van der Waals surface area contributed by atoms with E-state index in [-0.39, 0.29) is 5.78 Å². The molecular formula is C47H29NO2. The summed E-state index contributed by atoms with van der Waals surface area (Å²) in [6.07, 6.45) is 0. The normalized spacial score (nSPS) is 12.0. The summed E-state index contributed by atoms with van der Waals surface area (Å²) in [5, 5.41) is 4.65. The van der Waals surface area contributed by atoms with Gasteiger partial charge in [-0.2, -0.15) is 0 Å². The van der Waals surface area contributed by atoms with Crippen LogP contribution in [-0.2, 0) is 0 Å². The van der Waals surface area contributed by atoms with Crippen LogP contribution in [0.1, 0.15) is 15.9 Å². The van der Waals surface area contributed by atoms with E-state index >= 15 is 0 Å². The van der Waals surface area contributed by atoms with Crippen molar-refractivity contribution in [2.24, 2.45) is 0 Å². The molecule has 0 saturated carbocycles. The lowest BCUT2D eigenvalue weighted by Gasteiger charge is -2.28. The molecule has 1 aliphatic rings. The van der Waals surface area contributed by atoms with Gasteiger partial charge in [-0.15, -0.1) is 0 Å². The van der Waals surface area contributed by atoms with Crippen LogP contribution in [0.2, 0.25) is 0 Å². The first-order valence-electron chi connectivity index (χ1n) is 16.9. The molecule has 1 heterocycles. The molecule has 0 aliphatic heterocycles. The highest BCUT2D eigenvalue weighted by Crippen LogP contribution is 2.46. The zero-order chi connectivity index (χ0) is 33.2. The molecule has 8 aromatic carbocycles. The van der Waals surface area contributed by atoms with Gasteiger partial charge in [-0.25, -0.2) is 0 Å². The number of ketones is 1. The Hall–Kier alpha value is -6.71. The zero-order valence-electron chi connectivity index (χ0n) is 27.0. The fourth-order valence-corrected chi connectivity index (χ4v) is 7.70. The summed E-state index contributed by atoms with van der Waals surface area (Å²) >= 11 is 0. The van der Waals surface area contributed by atoms with Crippen molar-refractivity contribution in [2.45, 2.75) is 0 Å². The summed E-state index contributed by atoms with van der Waals surface area (Å²) in [4.78, 5) is 16.2. The summed E-state index contributed by atoms with van der Waals surface area (Å²) in [6.45, 7) is 0. The van der Waals surface area contributed by atoms with E-state index in [2.05, 4.69) is 138 Å². The summed E-state index contributed by atoms with van der Waals surface area (Å²) in [5.41, 5.74) is 12.4. The van der Waals surface area contributed by atoms with Gasteiger partial charge >= 0.3 is 0 Å². The highest BCUT2D eigenvalue weighted by Gasteiger charge is 2.31. The minimum Gasteiger partial charge on any atom is -0.455 e. The predicted molar refractivity (Wildman–Crippen MR) is 206 cm³/mol. The van der Waals surface area contributed by atoms with E-state index in [1.165, 1.54) is 16.3 Å². The van der Waals surface area contributed by atoms with Crippen LogP contribution >= 0.6 is 0 Å². The van der Waals surface area contributed by atoms with E-state index in [9.17, 15) is 4.79 Å². The number of para-hydroxylation sites is 2. The number of anilines is 3. The molecule has 0 unspecified atom stereocenters. The van der Waals surface area contributed by atoms with E-state index in [0.717, 1.165) is 77.9 Å². The van der Waals surface area contributed by atoms with Gasteiger partial charge in [0.1, 0.15) is 11.2 Å². The maximum absolute atomic E-state index is 14.0. The molecule has 0 atom stereocenters. The highest BCUT2D eigenvalue weighted by atomic mass is 16.3. The average molecular weight is 640 g/mol. The molecule has 0 saturated heterocycles. The molecule has 50 heavy (non-hydrogen) atoms. The van der Waals surface area contributed by atoms with Crippen LogP contribution in [0.25, 0.3) is 66.1 Å². The van der Waals surface area contributed by atoms with Gasteiger partial charge in [0.15, 0.2) is 5.78 Å². The monoisotopic (exact) mass is 639 g/mol. The van der Waals surface area contributed by atoms with E-state index < -0.39 is 0 Å². The number of nitrogens with zero attached hydrogens (tertiary/aromatic N) is 1. The number of hydrogen-bond acceptors (Lipinski definition) is 3. The Bertz CT molecular complexity index is 2770. The molecule has 0 radical (unpaired) electrons. The van der Waals surface area contributed by atoms with Crippen LogP contribution in [0.5, 0.6) is 0 Å². The number of hydrogen-bond donors (Lipinski definition) is 0. The lowest BCUT2D eigenvalue weighted by Crippen LogP contribution is -2.13. The minimum atomic E-state index is 0.0526. The number of benzene rings is 8. The van der Waals surface area contributed by atoms with Crippen molar-refractivity contribution < 1.29 is 9.21 Å². The number of furan rings is 1. The van der Waals surface area contributed by atoms with Gasteiger partial charge in [-0.1, -0.05) is 140 Å². The number of carbonyl (C=O) groups is 1. The third kappa shape index (κ3) is 4.34. The van der Waals surface area contributed by atoms with E-state index in [4.69, 9.17) is 4.42 Å². The second kappa shape index (κ2) is 11.2. The molecule has 9 aromatic rings. The minimum absolute atomic E-state index is 0.0526. The average Bonchev–Trinajstić information content (AvgIpc) is 3.71. The molecule has 1 aliphatic carbocycles. The SMILES string of the molecule is O=C1c2ccccc2-c2cccc(N(c3ccc(-c4cccc5ccccc45)cc3)c3ccc(-c4cccc5c4oc4ccccc45)cc3)c21. The summed E-state index contributed by atoms with van der Waals surface area (Å²) in [5.74, 6) is 0.0526. The van der Waals surface area contributed by atoms with Crippen LogP contribution in [0.15, 0.2) is 180 Å². The Morgan fingerprint density at radius 1 is 0.400 bits per heavy atom. The predicted octanol–water partition coefficient (Wildman–Crippen LogP) is 12.8. The van der Waals surface area contributed by atoms with Crippen molar-refractivity contribution in [3.63, 3.8) is 0 Å². The van der Waals surface area contributed by atoms with Gasteiger partial charge < -0.3 is 9.32 Å². The quantitative estimate of drug-likeness (QED) is 0.188. The van der Waals surface area contributed by atoms with Gasteiger partial charge in [0.2, 0.25) is 0 Å².